The maximum absolute atomic E-state index is 12.2. The first-order valence-electron chi connectivity index (χ1n) is 6.19. The van der Waals surface area contributed by atoms with Gasteiger partial charge < -0.3 is 14.8 Å². The lowest BCUT2D eigenvalue weighted by Crippen LogP contribution is -2.23. The van der Waals surface area contributed by atoms with Crippen LogP contribution in [0.4, 0.5) is 4.39 Å². The molecule has 0 saturated heterocycles. The molecule has 1 N–H and O–H groups in total. The molecule has 0 unspecified atom stereocenters. The van der Waals surface area contributed by atoms with Crippen LogP contribution in [0.2, 0.25) is 0 Å². The van der Waals surface area contributed by atoms with E-state index >= 15 is 0 Å². The van der Waals surface area contributed by atoms with E-state index in [1.165, 1.54) is 6.08 Å². The Balaban J connectivity index is 2.31. The summed E-state index contributed by atoms with van der Waals surface area (Å²) in [4.78, 5) is 11.5. The van der Waals surface area contributed by atoms with Crippen molar-refractivity contribution in [2.75, 3.05) is 20.0 Å². The van der Waals surface area contributed by atoms with Crippen LogP contribution in [0.5, 0.6) is 5.75 Å². The topological polar surface area (TPSA) is 47.6 Å². The SMILES string of the molecule is CCOC(=O)/C=C1\NCCc2ccc(OCF)cc21. The molecule has 5 heteroatoms. The largest absolute Gasteiger partial charge is 0.463 e. The van der Waals surface area contributed by atoms with Gasteiger partial charge >= 0.3 is 5.97 Å². The lowest BCUT2D eigenvalue weighted by atomic mass is 9.97. The molecule has 2 rings (SSSR count). The molecule has 0 fully saturated rings. The summed E-state index contributed by atoms with van der Waals surface area (Å²) in [5, 5.41) is 3.14. The maximum atomic E-state index is 12.2. The molecule has 102 valence electrons. The molecule has 1 aliphatic heterocycles. The Morgan fingerprint density at radius 3 is 3.11 bits per heavy atom. The quantitative estimate of drug-likeness (QED) is 0.668. The predicted octanol–water partition coefficient (Wildman–Crippen LogP) is 2.04. The smallest absolute Gasteiger partial charge is 0.332 e. The number of esters is 1. The van der Waals surface area contributed by atoms with E-state index in [1.54, 1.807) is 19.1 Å². The van der Waals surface area contributed by atoms with Gasteiger partial charge in [0.25, 0.3) is 0 Å². The Morgan fingerprint density at radius 2 is 2.37 bits per heavy atom. The molecular weight excluding hydrogens is 249 g/mol. The molecule has 0 bridgehead atoms. The van der Waals surface area contributed by atoms with Crippen LogP contribution in [0.15, 0.2) is 24.3 Å². The second-order valence-corrected chi connectivity index (χ2v) is 4.06. The van der Waals surface area contributed by atoms with Crippen LogP contribution in [0.25, 0.3) is 5.70 Å². The van der Waals surface area contributed by atoms with Crippen LogP contribution in [-0.4, -0.2) is 26.0 Å². The lowest BCUT2D eigenvalue weighted by Gasteiger charge is -2.21. The molecule has 1 aromatic carbocycles. The summed E-state index contributed by atoms with van der Waals surface area (Å²) in [6, 6.07) is 5.35. The first-order valence-corrected chi connectivity index (χ1v) is 6.19. The molecule has 0 spiro atoms. The van der Waals surface area contributed by atoms with Crippen LogP contribution in [0.1, 0.15) is 18.1 Å². The number of nitrogens with one attached hydrogen (secondary N) is 1. The van der Waals surface area contributed by atoms with Crippen LogP contribution in [0.3, 0.4) is 0 Å². The van der Waals surface area contributed by atoms with E-state index in [0.717, 1.165) is 24.1 Å². The minimum atomic E-state index is -0.872. The third-order valence-corrected chi connectivity index (χ3v) is 2.85. The average molecular weight is 265 g/mol. The monoisotopic (exact) mass is 265 g/mol. The highest BCUT2D eigenvalue weighted by Gasteiger charge is 2.16. The number of ether oxygens (including phenoxy) is 2. The van der Waals surface area contributed by atoms with E-state index in [2.05, 4.69) is 5.32 Å². The van der Waals surface area contributed by atoms with E-state index in [0.29, 0.717) is 18.1 Å². The molecule has 0 aliphatic carbocycles. The van der Waals surface area contributed by atoms with E-state index in [4.69, 9.17) is 9.47 Å². The Bertz CT molecular complexity index is 499. The number of carbonyl (C=O) groups is 1. The number of hydrogen-bond acceptors (Lipinski definition) is 4. The summed E-state index contributed by atoms with van der Waals surface area (Å²) in [6.45, 7) is 1.97. The van der Waals surface area contributed by atoms with Gasteiger partial charge in [-0.2, -0.15) is 0 Å². The minimum Gasteiger partial charge on any atom is -0.463 e. The van der Waals surface area contributed by atoms with Crippen molar-refractivity contribution in [1.82, 2.24) is 5.32 Å². The highest BCUT2D eigenvalue weighted by molar-refractivity contribution is 5.91. The average Bonchev–Trinajstić information content (AvgIpc) is 2.40. The zero-order chi connectivity index (χ0) is 13.7. The Morgan fingerprint density at radius 1 is 1.53 bits per heavy atom. The van der Waals surface area contributed by atoms with Gasteiger partial charge in [-0.25, -0.2) is 9.18 Å². The van der Waals surface area contributed by atoms with Crippen LogP contribution >= 0.6 is 0 Å². The molecule has 0 radical (unpaired) electrons. The Hall–Kier alpha value is -2.04. The molecule has 0 saturated carbocycles. The molecule has 4 nitrogen and oxygen atoms in total. The van der Waals surface area contributed by atoms with Crippen molar-refractivity contribution < 1.29 is 18.7 Å². The summed E-state index contributed by atoms with van der Waals surface area (Å²) in [5.74, 6) is 0.0503. The molecule has 19 heavy (non-hydrogen) atoms. The number of fused-ring (bicyclic) bond motifs is 1. The van der Waals surface area contributed by atoms with Crippen molar-refractivity contribution in [3.8, 4) is 5.75 Å². The van der Waals surface area contributed by atoms with Gasteiger partial charge in [0, 0.05) is 23.9 Å². The third-order valence-electron chi connectivity index (χ3n) is 2.85. The van der Waals surface area contributed by atoms with E-state index < -0.39 is 12.8 Å². The summed E-state index contributed by atoms with van der Waals surface area (Å²) in [5.41, 5.74) is 2.63. The van der Waals surface area contributed by atoms with Crippen LogP contribution in [-0.2, 0) is 16.0 Å². The molecule has 0 aromatic heterocycles. The number of benzene rings is 1. The van der Waals surface area contributed by atoms with Crippen molar-refractivity contribution in [2.24, 2.45) is 0 Å². The zero-order valence-corrected chi connectivity index (χ0v) is 10.7. The van der Waals surface area contributed by atoms with Gasteiger partial charge in [-0.15, -0.1) is 0 Å². The summed E-state index contributed by atoms with van der Waals surface area (Å²) in [7, 11) is 0. The van der Waals surface area contributed by atoms with Gasteiger partial charge in [0.05, 0.1) is 6.61 Å². The van der Waals surface area contributed by atoms with Crippen molar-refractivity contribution in [1.29, 1.82) is 0 Å². The fourth-order valence-electron chi connectivity index (χ4n) is 2.03. The van der Waals surface area contributed by atoms with Gasteiger partial charge in [-0.1, -0.05) is 6.07 Å². The third kappa shape index (κ3) is 3.24. The molecule has 1 aliphatic rings. The van der Waals surface area contributed by atoms with Gasteiger partial charge in [-0.05, 0) is 31.0 Å². The molecule has 1 heterocycles. The number of alkyl halides is 1. The van der Waals surface area contributed by atoms with E-state index in [1.807, 2.05) is 6.07 Å². The highest BCUT2D eigenvalue weighted by atomic mass is 19.1. The van der Waals surface area contributed by atoms with Gasteiger partial charge in [0.2, 0.25) is 6.86 Å². The number of carbonyl (C=O) groups excluding carboxylic acids is 1. The van der Waals surface area contributed by atoms with Crippen molar-refractivity contribution in [2.45, 2.75) is 13.3 Å². The van der Waals surface area contributed by atoms with E-state index in [9.17, 15) is 9.18 Å². The normalized spacial score (nSPS) is 15.6. The summed E-state index contributed by atoms with van der Waals surface area (Å²) in [6.07, 6.45) is 2.27. The summed E-state index contributed by atoms with van der Waals surface area (Å²) < 4.78 is 21.9. The van der Waals surface area contributed by atoms with Gasteiger partial charge in [0.1, 0.15) is 5.75 Å². The standard InChI is InChI=1S/C14H16FNO3/c1-2-18-14(17)8-13-12-7-11(19-9-15)4-3-10(12)5-6-16-13/h3-4,7-8,16H,2,5-6,9H2,1H3/b13-8-. The first-order chi connectivity index (χ1) is 9.24. The second kappa shape index (κ2) is 6.22. The van der Waals surface area contributed by atoms with Gasteiger partial charge in [0.15, 0.2) is 0 Å². The molecule has 1 aromatic rings. The lowest BCUT2D eigenvalue weighted by molar-refractivity contribution is -0.137. The number of halogens is 1. The van der Waals surface area contributed by atoms with Crippen LogP contribution in [0, 0.1) is 0 Å². The van der Waals surface area contributed by atoms with Crippen LogP contribution < -0.4 is 10.1 Å². The molecule has 0 atom stereocenters. The van der Waals surface area contributed by atoms with Crippen molar-refractivity contribution in [3.05, 3.63) is 35.4 Å². The highest BCUT2D eigenvalue weighted by Crippen LogP contribution is 2.26. The molecular formula is C14H16FNO3. The first kappa shape index (κ1) is 13.4. The van der Waals surface area contributed by atoms with Gasteiger partial charge in [-0.3, -0.25) is 0 Å². The van der Waals surface area contributed by atoms with Crippen molar-refractivity contribution >= 4 is 11.7 Å². The Kier molecular flexibility index (Phi) is 4.39. The zero-order valence-electron chi connectivity index (χ0n) is 10.7. The fraction of sp³-hybridized carbons (Fsp3) is 0.357. The fourth-order valence-corrected chi connectivity index (χ4v) is 2.03. The number of hydrogen-bond donors (Lipinski definition) is 1. The second-order valence-electron chi connectivity index (χ2n) is 4.06. The summed E-state index contributed by atoms with van der Waals surface area (Å²) >= 11 is 0. The molecule has 0 amide bonds. The maximum Gasteiger partial charge on any atom is 0.332 e. The predicted molar refractivity (Wildman–Crippen MR) is 69.4 cm³/mol. The van der Waals surface area contributed by atoms with Crippen molar-refractivity contribution in [3.63, 3.8) is 0 Å². The minimum absolute atomic E-state index is 0.334. The Labute approximate surface area is 111 Å². The number of rotatable bonds is 4. The van der Waals surface area contributed by atoms with E-state index in [-0.39, 0.29) is 0 Å².